The summed E-state index contributed by atoms with van der Waals surface area (Å²) in [6.07, 6.45) is 2.20. The van der Waals surface area contributed by atoms with Crippen molar-refractivity contribution in [1.29, 1.82) is 0 Å². The first-order chi connectivity index (χ1) is 14.1. The molecule has 29 heavy (non-hydrogen) atoms. The maximum atomic E-state index is 12.6. The van der Waals surface area contributed by atoms with Crippen molar-refractivity contribution in [3.63, 3.8) is 0 Å². The molecule has 146 valence electrons. The number of rotatable bonds is 4. The van der Waals surface area contributed by atoms with Crippen molar-refractivity contribution < 1.29 is 14.1 Å². The summed E-state index contributed by atoms with van der Waals surface area (Å²) < 4.78 is 10.6. The molecular formula is C21H17ClN4O3. The van der Waals surface area contributed by atoms with Gasteiger partial charge in [-0.1, -0.05) is 22.8 Å². The third-order valence-corrected chi connectivity index (χ3v) is 5.48. The SMILES string of the molecule is COc1ccc(N2CC(c3noc(-c4ccc5cc[nH]c5c4)n3)CC2=O)cc1Cl. The maximum absolute atomic E-state index is 12.6. The van der Waals surface area contributed by atoms with E-state index in [9.17, 15) is 4.79 Å². The van der Waals surface area contributed by atoms with Gasteiger partial charge in [0.1, 0.15) is 5.75 Å². The summed E-state index contributed by atoms with van der Waals surface area (Å²) in [5, 5.41) is 5.70. The predicted octanol–water partition coefficient (Wildman–Crippen LogP) is 4.40. The number of benzene rings is 2. The van der Waals surface area contributed by atoms with E-state index in [0.29, 0.717) is 35.5 Å². The van der Waals surface area contributed by atoms with Crippen molar-refractivity contribution in [1.82, 2.24) is 15.1 Å². The number of carbonyl (C=O) groups is 1. The van der Waals surface area contributed by atoms with E-state index < -0.39 is 0 Å². The van der Waals surface area contributed by atoms with Gasteiger partial charge in [-0.25, -0.2) is 0 Å². The minimum Gasteiger partial charge on any atom is -0.495 e. The summed E-state index contributed by atoms with van der Waals surface area (Å²) in [6, 6.07) is 13.2. The molecule has 1 aliphatic heterocycles. The van der Waals surface area contributed by atoms with Crippen molar-refractivity contribution in [3.8, 4) is 17.2 Å². The first-order valence-electron chi connectivity index (χ1n) is 9.17. The average Bonchev–Trinajstić information content (AvgIpc) is 3.46. The Bertz CT molecular complexity index is 1220. The highest BCUT2D eigenvalue weighted by molar-refractivity contribution is 6.32. The van der Waals surface area contributed by atoms with Crippen LogP contribution in [0.4, 0.5) is 5.69 Å². The molecule has 1 unspecified atom stereocenters. The summed E-state index contributed by atoms with van der Waals surface area (Å²) in [6.45, 7) is 0.468. The summed E-state index contributed by atoms with van der Waals surface area (Å²) >= 11 is 6.21. The molecule has 2 aromatic heterocycles. The molecule has 8 heteroatoms. The Hall–Kier alpha value is -3.32. The molecule has 1 saturated heterocycles. The van der Waals surface area contributed by atoms with Gasteiger partial charge in [-0.3, -0.25) is 4.79 Å². The highest BCUT2D eigenvalue weighted by atomic mass is 35.5. The van der Waals surface area contributed by atoms with Crippen LogP contribution in [0, 0.1) is 0 Å². The molecular weight excluding hydrogens is 392 g/mol. The highest BCUT2D eigenvalue weighted by Crippen LogP contribution is 2.35. The fraction of sp³-hybridized carbons (Fsp3) is 0.190. The number of nitrogens with zero attached hydrogens (tertiary/aromatic N) is 3. The summed E-state index contributed by atoms with van der Waals surface area (Å²) in [4.78, 5) is 22.0. The molecule has 0 aliphatic carbocycles. The third-order valence-electron chi connectivity index (χ3n) is 5.18. The fourth-order valence-electron chi connectivity index (χ4n) is 3.65. The van der Waals surface area contributed by atoms with Crippen LogP contribution in [-0.4, -0.2) is 34.7 Å². The average molecular weight is 409 g/mol. The van der Waals surface area contributed by atoms with E-state index in [1.54, 1.807) is 24.1 Å². The Balaban J connectivity index is 1.38. The first kappa shape index (κ1) is 17.8. The molecule has 2 aromatic carbocycles. The predicted molar refractivity (Wildman–Crippen MR) is 109 cm³/mol. The van der Waals surface area contributed by atoms with E-state index in [0.717, 1.165) is 22.2 Å². The Kier molecular flexibility index (Phi) is 4.24. The van der Waals surface area contributed by atoms with E-state index in [2.05, 4.69) is 15.1 Å². The zero-order valence-electron chi connectivity index (χ0n) is 15.6. The third kappa shape index (κ3) is 3.13. The number of anilines is 1. The lowest BCUT2D eigenvalue weighted by Crippen LogP contribution is -2.24. The van der Waals surface area contributed by atoms with Crippen LogP contribution in [0.15, 0.2) is 53.2 Å². The minimum atomic E-state index is -0.143. The number of ether oxygens (including phenoxy) is 1. The van der Waals surface area contributed by atoms with Crippen molar-refractivity contribution in [2.24, 2.45) is 0 Å². The number of carbonyl (C=O) groups excluding carboxylic acids is 1. The summed E-state index contributed by atoms with van der Waals surface area (Å²) in [5.41, 5.74) is 2.56. The lowest BCUT2D eigenvalue weighted by molar-refractivity contribution is -0.117. The number of methoxy groups -OCH3 is 1. The Labute approximate surface area is 171 Å². The van der Waals surface area contributed by atoms with Crippen LogP contribution in [0.3, 0.4) is 0 Å². The molecule has 1 N–H and O–H groups in total. The highest BCUT2D eigenvalue weighted by Gasteiger charge is 2.35. The molecule has 1 amide bonds. The zero-order valence-corrected chi connectivity index (χ0v) is 16.3. The fourth-order valence-corrected chi connectivity index (χ4v) is 3.90. The van der Waals surface area contributed by atoms with Crippen molar-refractivity contribution in [2.45, 2.75) is 12.3 Å². The number of aromatic nitrogens is 3. The van der Waals surface area contributed by atoms with Gasteiger partial charge in [-0.05, 0) is 41.8 Å². The Morgan fingerprint density at radius 2 is 2.14 bits per heavy atom. The molecule has 1 aliphatic rings. The second-order valence-electron chi connectivity index (χ2n) is 6.96. The van der Waals surface area contributed by atoms with Crippen LogP contribution < -0.4 is 9.64 Å². The number of amides is 1. The van der Waals surface area contributed by atoms with E-state index >= 15 is 0 Å². The number of halogens is 1. The van der Waals surface area contributed by atoms with Gasteiger partial charge in [-0.2, -0.15) is 4.98 Å². The van der Waals surface area contributed by atoms with Gasteiger partial charge in [0.15, 0.2) is 5.82 Å². The normalized spacial score (nSPS) is 16.7. The molecule has 0 spiro atoms. The van der Waals surface area contributed by atoms with E-state index in [-0.39, 0.29) is 11.8 Å². The van der Waals surface area contributed by atoms with Gasteiger partial charge in [-0.15, -0.1) is 0 Å². The Morgan fingerprint density at radius 1 is 1.24 bits per heavy atom. The standard InChI is InChI=1S/C21H17ClN4O3/c1-28-18-5-4-15(10-16(18)22)26-11-14(9-19(26)27)20-24-21(29-25-20)13-3-2-12-6-7-23-17(12)8-13/h2-8,10,14,23H,9,11H2,1H3. The van der Waals surface area contributed by atoms with E-state index in [1.165, 1.54) is 0 Å². The quantitative estimate of drug-likeness (QED) is 0.541. The Morgan fingerprint density at radius 3 is 2.97 bits per heavy atom. The molecule has 4 aromatic rings. The van der Waals surface area contributed by atoms with Crippen LogP contribution in [0.25, 0.3) is 22.4 Å². The van der Waals surface area contributed by atoms with E-state index in [4.69, 9.17) is 20.9 Å². The molecule has 0 radical (unpaired) electrons. The molecule has 1 fully saturated rings. The van der Waals surface area contributed by atoms with Crippen LogP contribution in [-0.2, 0) is 4.79 Å². The number of hydrogen-bond donors (Lipinski definition) is 1. The number of aromatic amines is 1. The van der Waals surface area contributed by atoms with Crippen LogP contribution in [0.5, 0.6) is 5.75 Å². The van der Waals surface area contributed by atoms with Crippen molar-refractivity contribution >= 4 is 34.1 Å². The smallest absolute Gasteiger partial charge is 0.258 e. The number of hydrogen-bond acceptors (Lipinski definition) is 5. The first-order valence-corrected chi connectivity index (χ1v) is 9.55. The van der Waals surface area contributed by atoms with Crippen molar-refractivity contribution in [3.05, 3.63) is 59.5 Å². The van der Waals surface area contributed by atoms with Crippen LogP contribution in [0.1, 0.15) is 18.2 Å². The van der Waals surface area contributed by atoms with Gasteiger partial charge < -0.3 is 19.1 Å². The van der Waals surface area contributed by atoms with Crippen LogP contribution in [0.2, 0.25) is 5.02 Å². The number of H-pyrrole nitrogens is 1. The lowest BCUT2D eigenvalue weighted by Gasteiger charge is -2.17. The topological polar surface area (TPSA) is 84.2 Å². The summed E-state index contributed by atoms with van der Waals surface area (Å²) in [5.74, 6) is 1.39. The second-order valence-corrected chi connectivity index (χ2v) is 7.37. The summed E-state index contributed by atoms with van der Waals surface area (Å²) in [7, 11) is 1.55. The monoisotopic (exact) mass is 408 g/mol. The largest absolute Gasteiger partial charge is 0.495 e. The second kappa shape index (κ2) is 6.93. The molecule has 0 saturated carbocycles. The van der Waals surface area contributed by atoms with Gasteiger partial charge in [0.25, 0.3) is 5.89 Å². The number of nitrogens with one attached hydrogen (secondary N) is 1. The minimum absolute atomic E-state index is 0.00427. The van der Waals surface area contributed by atoms with Crippen LogP contribution >= 0.6 is 11.6 Å². The molecule has 5 rings (SSSR count). The van der Waals surface area contributed by atoms with Gasteiger partial charge in [0, 0.05) is 41.8 Å². The van der Waals surface area contributed by atoms with E-state index in [1.807, 2.05) is 36.5 Å². The molecule has 3 heterocycles. The van der Waals surface area contributed by atoms with Crippen molar-refractivity contribution in [2.75, 3.05) is 18.6 Å². The van der Waals surface area contributed by atoms with Gasteiger partial charge in [0.05, 0.1) is 12.1 Å². The molecule has 7 nitrogen and oxygen atoms in total. The van der Waals surface area contributed by atoms with Gasteiger partial charge >= 0.3 is 0 Å². The van der Waals surface area contributed by atoms with Gasteiger partial charge in [0.2, 0.25) is 5.91 Å². The molecule has 1 atom stereocenters. The maximum Gasteiger partial charge on any atom is 0.258 e. The number of fused-ring (bicyclic) bond motifs is 1. The zero-order chi connectivity index (χ0) is 20.0. The lowest BCUT2D eigenvalue weighted by atomic mass is 10.1. The molecule has 0 bridgehead atoms.